The van der Waals surface area contributed by atoms with E-state index in [4.69, 9.17) is 24.1 Å². The molecule has 0 amide bonds. The highest BCUT2D eigenvalue weighted by atomic mass is 16.6. The largest absolute Gasteiger partial charge is 0.491 e. The molecule has 0 aliphatic heterocycles. The van der Waals surface area contributed by atoms with Crippen molar-refractivity contribution in [2.24, 2.45) is 0 Å². The van der Waals surface area contributed by atoms with Gasteiger partial charge in [-0.05, 0) is 30.5 Å². The first-order valence-electron chi connectivity index (χ1n) is 8.42. The number of hydrogen-bond donors (Lipinski definition) is 1. The van der Waals surface area contributed by atoms with Gasteiger partial charge in [0.15, 0.2) is 0 Å². The van der Waals surface area contributed by atoms with Gasteiger partial charge in [-0.25, -0.2) is 0 Å². The zero-order valence-corrected chi connectivity index (χ0v) is 14.2. The zero-order chi connectivity index (χ0) is 16.6. The quantitative estimate of drug-likeness (QED) is 0.502. The molecule has 0 fully saturated rings. The molecule has 0 unspecified atom stereocenters. The highest BCUT2D eigenvalue weighted by Crippen LogP contribution is 2.13. The molecule has 0 aromatic heterocycles. The summed E-state index contributed by atoms with van der Waals surface area (Å²) in [4.78, 5) is 0. The van der Waals surface area contributed by atoms with E-state index in [9.17, 15) is 0 Å². The van der Waals surface area contributed by atoms with Crippen molar-refractivity contribution in [3.05, 3.63) is 29.8 Å². The normalized spacial score (nSPS) is 10.9. The summed E-state index contributed by atoms with van der Waals surface area (Å²) >= 11 is 0. The lowest BCUT2D eigenvalue weighted by molar-refractivity contribution is 0.00361. The maximum atomic E-state index is 8.52. The number of aliphatic hydroxyl groups excluding tert-OH is 1. The summed E-state index contributed by atoms with van der Waals surface area (Å²) in [5.74, 6) is 0.881. The first-order chi connectivity index (χ1) is 11.4. The molecule has 5 nitrogen and oxygen atoms in total. The van der Waals surface area contributed by atoms with Crippen LogP contribution in [0.5, 0.6) is 5.75 Å². The predicted molar refractivity (Wildman–Crippen MR) is 90.1 cm³/mol. The van der Waals surface area contributed by atoms with E-state index in [0.717, 1.165) is 12.2 Å². The molecular formula is C18H30O5. The molecule has 132 valence electrons. The van der Waals surface area contributed by atoms with Gasteiger partial charge in [0.2, 0.25) is 0 Å². The van der Waals surface area contributed by atoms with E-state index in [1.165, 1.54) is 18.4 Å². The van der Waals surface area contributed by atoms with Crippen molar-refractivity contribution in [3.8, 4) is 5.75 Å². The Balaban J connectivity index is 1.92. The van der Waals surface area contributed by atoms with Crippen LogP contribution in [0.2, 0.25) is 0 Å². The van der Waals surface area contributed by atoms with Gasteiger partial charge in [-0.1, -0.05) is 25.5 Å². The highest BCUT2D eigenvalue weighted by molar-refractivity contribution is 5.27. The maximum absolute atomic E-state index is 8.52. The summed E-state index contributed by atoms with van der Waals surface area (Å²) in [5.41, 5.74) is 1.36. The summed E-state index contributed by atoms with van der Waals surface area (Å²) in [6.07, 6.45) is 3.57. The number of ether oxygens (including phenoxy) is 4. The van der Waals surface area contributed by atoms with Crippen LogP contribution in [0, 0.1) is 0 Å². The summed E-state index contributed by atoms with van der Waals surface area (Å²) in [7, 11) is 0. The number of benzene rings is 1. The number of hydrogen-bond acceptors (Lipinski definition) is 5. The Hall–Kier alpha value is -1.14. The predicted octanol–water partition coefficient (Wildman–Crippen LogP) is 2.45. The number of unbranched alkanes of at least 4 members (excludes halogenated alkanes) is 1. The van der Waals surface area contributed by atoms with E-state index in [1.807, 2.05) is 12.1 Å². The third-order valence-electron chi connectivity index (χ3n) is 3.22. The summed E-state index contributed by atoms with van der Waals surface area (Å²) < 4.78 is 21.4. The van der Waals surface area contributed by atoms with Crippen molar-refractivity contribution in [2.45, 2.75) is 26.2 Å². The van der Waals surface area contributed by atoms with Gasteiger partial charge in [0, 0.05) is 0 Å². The molecule has 0 aliphatic rings. The smallest absolute Gasteiger partial charge is 0.119 e. The van der Waals surface area contributed by atoms with Crippen molar-refractivity contribution >= 4 is 0 Å². The fourth-order valence-corrected chi connectivity index (χ4v) is 1.96. The van der Waals surface area contributed by atoms with Gasteiger partial charge in [0.05, 0.1) is 46.2 Å². The van der Waals surface area contributed by atoms with Crippen LogP contribution in [0.15, 0.2) is 24.3 Å². The molecule has 1 rings (SSSR count). The van der Waals surface area contributed by atoms with Crippen LogP contribution < -0.4 is 4.74 Å². The fraction of sp³-hybridized carbons (Fsp3) is 0.667. The fourth-order valence-electron chi connectivity index (χ4n) is 1.96. The molecule has 0 radical (unpaired) electrons. The molecule has 23 heavy (non-hydrogen) atoms. The van der Waals surface area contributed by atoms with Gasteiger partial charge in [-0.15, -0.1) is 0 Å². The molecular weight excluding hydrogens is 296 g/mol. The Kier molecular flexibility index (Phi) is 12.5. The lowest BCUT2D eigenvalue weighted by Crippen LogP contribution is -2.13. The van der Waals surface area contributed by atoms with Crippen LogP contribution in [0.3, 0.4) is 0 Å². The van der Waals surface area contributed by atoms with E-state index in [1.54, 1.807) is 0 Å². The first kappa shape index (κ1) is 19.9. The van der Waals surface area contributed by atoms with Gasteiger partial charge in [0.1, 0.15) is 12.4 Å². The Morgan fingerprint density at radius 1 is 0.783 bits per heavy atom. The third-order valence-corrected chi connectivity index (χ3v) is 3.22. The minimum atomic E-state index is 0.0462. The van der Waals surface area contributed by atoms with Gasteiger partial charge >= 0.3 is 0 Å². The Morgan fingerprint density at radius 3 is 1.91 bits per heavy atom. The van der Waals surface area contributed by atoms with Crippen LogP contribution in [-0.2, 0) is 20.6 Å². The molecule has 0 bridgehead atoms. The first-order valence-corrected chi connectivity index (χ1v) is 8.42. The van der Waals surface area contributed by atoms with Gasteiger partial charge in [-0.3, -0.25) is 0 Å². The van der Waals surface area contributed by atoms with E-state index >= 15 is 0 Å². The average molecular weight is 326 g/mol. The Labute approximate surface area is 139 Å². The number of rotatable bonds is 15. The topological polar surface area (TPSA) is 57.2 Å². The van der Waals surface area contributed by atoms with E-state index in [-0.39, 0.29) is 6.61 Å². The van der Waals surface area contributed by atoms with Crippen LogP contribution in [0.25, 0.3) is 0 Å². The van der Waals surface area contributed by atoms with Crippen LogP contribution in [-0.4, -0.2) is 58.0 Å². The van der Waals surface area contributed by atoms with E-state index in [2.05, 4.69) is 19.1 Å². The number of aryl methyl sites for hydroxylation is 1. The Bertz CT molecular complexity index is 366. The van der Waals surface area contributed by atoms with Crippen molar-refractivity contribution in [3.63, 3.8) is 0 Å². The van der Waals surface area contributed by atoms with Gasteiger partial charge in [-0.2, -0.15) is 0 Å². The highest BCUT2D eigenvalue weighted by Gasteiger charge is 1.96. The molecule has 0 atom stereocenters. The second kappa shape index (κ2) is 14.5. The van der Waals surface area contributed by atoms with Crippen molar-refractivity contribution in [2.75, 3.05) is 52.9 Å². The van der Waals surface area contributed by atoms with Gasteiger partial charge in [0.25, 0.3) is 0 Å². The third kappa shape index (κ3) is 11.1. The van der Waals surface area contributed by atoms with Crippen LogP contribution >= 0.6 is 0 Å². The molecule has 1 aromatic carbocycles. The second-order valence-corrected chi connectivity index (χ2v) is 5.16. The molecule has 1 N–H and O–H groups in total. The lowest BCUT2D eigenvalue weighted by Gasteiger charge is -2.08. The molecule has 0 aliphatic carbocycles. The van der Waals surface area contributed by atoms with Crippen molar-refractivity contribution < 1.29 is 24.1 Å². The second-order valence-electron chi connectivity index (χ2n) is 5.16. The van der Waals surface area contributed by atoms with Crippen molar-refractivity contribution in [1.29, 1.82) is 0 Å². The zero-order valence-electron chi connectivity index (χ0n) is 14.2. The van der Waals surface area contributed by atoms with Crippen molar-refractivity contribution in [1.82, 2.24) is 0 Å². The lowest BCUT2D eigenvalue weighted by atomic mass is 10.1. The monoisotopic (exact) mass is 326 g/mol. The molecule has 0 spiro atoms. The maximum Gasteiger partial charge on any atom is 0.119 e. The van der Waals surface area contributed by atoms with E-state index < -0.39 is 0 Å². The minimum absolute atomic E-state index is 0.0462. The van der Waals surface area contributed by atoms with Gasteiger partial charge < -0.3 is 24.1 Å². The molecule has 1 aromatic rings. The molecule has 0 saturated heterocycles. The SMILES string of the molecule is CCCCc1ccc(OCCOCCOCCOCCO)cc1. The Morgan fingerprint density at radius 2 is 1.35 bits per heavy atom. The summed E-state index contributed by atoms with van der Waals surface area (Å²) in [5, 5.41) is 8.52. The minimum Gasteiger partial charge on any atom is -0.491 e. The van der Waals surface area contributed by atoms with Crippen LogP contribution in [0.1, 0.15) is 25.3 Å². The molecule has 5 heteroatoms. The van der Waals surface area contributed by atoms with E-state index in [0.29, 0.717) is 46.2 Å². The molecule has 0 heterocycles. The average Bonchev–Trinajstić information content (AvgIpc) is 2.59. The number of aliphatic hydroxyl groups is 1. The summed E-state index contributed by atoms with van der Waals surface area (Å²) in [6, 6.07) is 8.28. The standard InChI is InChI=1S/C18H30O5/c1-2-3-4-17-5-7-18(8-6-17)23-16-15-22-14-13-21-12-11-20-10-9-19/h5-8,19H,2-4,9-16H2,1H3. The van der Waals surface area contributed by atoms with Crippen LogP contribution in [0.4, 0.5) is 0 Å². The molecule has 0 saturated carbocycles. The summed E-state index contributed by atoms with van der Waals surface area (Å²) in [6.45, 7) is 5.78.